The molecule has 0 heterocycles. The van der Waals surface area contributed by atoms with E-state index in [0.29, 0.717) is 11.7 Å². The van der Waals surface area contributed by atoms with Crippen molar-refractivity contribution in [1.82, 2.24) is 0 Å². The number of Topliss-reactive ketones (excluding diaryl/α,β-unsaturated/α-hetero) is 1. The Labute approximate surface area is 127 Å². The van der Waals surface area contributed by atoms with E-state index in [1.165, 1.54) is 24.0 Å². The Kier molecular flexibility index (Phi) is 2.59. The summed E-state index contributed by atoms with van der Waals surface area (Å²) in [5, 5.41) is 0. The highest BCUT2D eigenvalue weighted by atomic mass is 16.1. The summed E-state index contributed by atoms with van der Waals surface area (Å²) in [6, 6.07) is 6.41. The molecule has 1 saturated carbocycles. The van der Waals surface area contributed by atoms with Gasteiger partial charge in [0.05, 0.1) is 0 Å². The first-order chi connectivity index (χ1) is 9.92. The average Bonchev–Trinajstić information content (AvgIpc) is 3.03. The van der Waals surface area contributed by atoms with Crippen LogP contribution in [0.25, 0.3) is 0 Å². The standard InChI is InChI=1S/C20H24O/c1-19(2,3)16-6-4-5-15-17(21)9-10-20(18(15)16)12-13-7-8-14(20)11-13/h4-8,13-14H,9-12H2,1-3H3. The molecule has 3 aliphatic carbocycles. The molecule has 1 nitrogen and oxygen atoms in total. The quantitative estimate of drug-likeness (QED) is 0.624. The van der Waals surface area contributed by atoms with E-state index >= 15 is 0 Å². The Morgan fingerprint density at radius 1 is 1.19 bits per heavy atom. The fraction of sp³-hybridized carbons (Fsp3) is 0.550. The molecule has 0 N–H and O–H groups in total. The van der Waals surface area contributed by atoms with Crippen molar-refractivity contribution in [2.45, 2.75) is 57.3 Å². The normalized spacial score (nSPS) is 33.8. The van der Waals surface area contributed by atoms with Gasteiger partial charge >= 0.3 is 0 Å². The van der Waals surface area contributed by atoms with E-state index in [4.69, 9.17) is 0 Å². The van der Waals surface area contributed by atoms with Crippen LogP contribution in [0.4, 0.5) is 0 Å². The number of hydrogen-bond donors (Lipinski definition) is 0. The number of carbonyl (C=O) groups excluding carboxylic acids is 1. The van der Waals surface area contributed by atoms with E-state index in [9.17, 15) is 4.79 Å². The predicted octanol–water partition coefficient (Wildman–Crippen LogP) is 4.79. The van der Waals surface area contributed by atoms with Crippen LogP contribution in [-0.2, 0) is 10.8 Å². The maximum Gasteiger partial charge on any atom is 0.163 e. The molecule has 0 radical (unpaired) electrons. The Morgan fingerprint density at radius 3 is 2.62 bits per heavy atom. The molecule has 3 unspecified atom stereocenters. The first kappa shape index (κ1) is 13.3. The highest BCUT2D eigenvalue weighted by Crippen LogP contribution is 2.59. The minimum absolute atomic E-state index is 0.0987. The molecular formula is C20H24O. The second-order valence-electron chi connectivity index (χ2n) is 8.25. The lowest BCUT2D eigenvalue weighted by Crippen LogP contribution is -2.39. The van der Waals surface area contributed by atoms with Gasteiger partial charge in [0, 0.05) is 17.4 Å². The predicted molar refractivity (Wildman–Crippen MR) is 85.7 cm³/mol. The summed E-state index contributed by atoms with van der Waals surface area (Å²) in [6.07, 6.45) is 9.18. The first-order valence-corrected chi connectivity index (χ1v) is 8.27. The molecule has 0 aliphatic heterocycles. The van der Waals surface area contributed by atoms with Gasteiger partial charge in [-0.1, -0.05) is 51.1 Å². The van der Waals surface area contributed by atoms with Crippen LogP contribution in [0, 0.1) is 11.8 Å². The van der Waals surface area contributed by atoms with Crippen LogP contribution in [-0.4, -0.2) is 5.78 Å². The summed E-state index contributed by atoms with van der Waals surface area (Å²) in [5.41, 5.74) is 4.17. The topological polar surface area (TPSA) is 17.1 Å². The molecule has 1 aromatic carbocycles. The van der Waals surface area contributed by atoms with E-state index in [-0.39, 0.29) is 10.8 Å². The largest absolute Gasteiger partial charge is 0.294 e. The molecule has 4 rings (SSSR count). The highest BCUT2D eigenvalue weighted by Gasteiger charge is 2.53. The van der Waals surface area contributed by atoms with Crippen LogP contribution in [0.5, 0.6) is 0 Å². The van der Waals surface area contributed by atoms with Crippen molar-refractivity contribution in [2.75, 3.05) is 0 Å². The maximum absolute atomic E-state index is 12.5. The lowest BCUT2D eigenvalue weighted by Gasteiger charge is -2.44. The molecule has 1 aromatic rings. The zero-order chi connectivity index (χ0) is 14.8. The van der Waals surface area contributed by atoms with Gasteiger partial charge < -0.3 is 0 Å². The molecule has 3 aliphatic rings. The monoisotopic (exact) mass is 280 g/mol. The van der Waals surface area contributed by atoms with Crippen LogP contribution >= 0.6 is 0 Å². The average molecular weight is 280 g/mol. The van der Waals surface area contributed by atoms with Crippen molar-refractivity contribution in [2.24, 2.45) is 11.8 Å². The van der Waals surface area contributed by atoms with Gasteiger partial charge in [0.2, 0.25) is 0 Å². The zero-order valence-corrected chi connectivity index (χ0v) is 13.3. The third kappa shape index (κ3) is 1.73. The third-order valence-corrected chi connectivity index (χ3v) is 5.98. The lowest BCUT2D eigenvalue weighted by molar-refractivity contribution is 0.0942. The third-order valence-electron chi connectivity index (χ3n) is 5.98. The van der Waals surface area contributed by atoms with Crippen LogP contribution < -0.4 is 0 Å². The molecule has 21 heavy (non-hydrogen) atoms. The van der Waals surface area contributed by atoms with Gasteiger partial charge in [-0.05, 0) is 47.6 Å². The Hall–Kier alpha value is -1.37. The van der Waals surface area contributed by atoms with Gasteiger partial charge in [-0.25, -0.2) is 0 Å². The Morgan fingerprint density at radius 2 is 2.00 bits per heavy atom. The zero-order valence-electron chi connectivity index (χ0n) is 13.3. The number of ketones is 1. The second kappa shape index (κ2) is 4.09. The van der Waals surface area contributed by atoms with Crippen molar-refractivity contribution in [3.63, 3.8) is 0 Å². The molecule has 0 saturated heterocycles. The highest BCUT2D eigenvalue weighted by molar-refractivity contribution is 5.99. The van der Waals surface area contributed by atoms with Gasteiger partial charge in [-0.15, -0.1) is 0 Å². The first-order valence-electron chi connectivity index (χ1n) is 8.27. The van der Waals surface area contributed by atoms with Gasteiger partial charge in [0.15, 0.2) is 5.78 Å². The number of hydrogen-bond acceptors (Lipinski definition) is 1. The van der Waals surface area contributed by atoms with Crippen molar-refractivity contribution >= 4 is 5.78 Å². The van der Waals surface area contributed by atoms with E-state index < -0.39 is 0 Å². The van der Waals surface area contributed by atoms with Crippen LogP contribution in [0.15, 0.2) is 30.4 Å². The summed E-state index contributed by atoms with van der Waals surface area (Å²) < 4.78 is 0. The molecule has 1 heteroatoms. The van der Waals surface area contributed by atoms with Gasteiger partial charge in [0.1, 0.15) is 0 Å². The summed E-state index contributed by atoms with van der Waals surface area (Å²) in [6.45, 7) is 6.83. The smallest absolute Gasteiger partial charge is 0.163 e. The van der Waals surface area contributed by atoms with Crippen LogP contribution in [0.3, 0.4) is 0 Å². The van der Waals surface area contributed by atoms with Crippen LogP contribution in [0.1, 0.15) is 67.9 Å². The number of rotatable bonds is 0. The van der Waals surface area contributed by atoms with Crippen molar-refractivity contribution in [3.8, 4) is 0 Å². The molecule has 1 spiro atoms. The van der Waals surface area contributed by atoms with Gasteiger partial charge in [-0.3, -0.25) is 4.79 Å². The van der Waals surface area contributed by atoms with Crippen LogP contribution in [0.2, 0.25) is 0 Å². The maximum atomic E-state index is 12.5. The summed E-state index contributed by atoms with van der Waals surface area (Å²) in [5.74, 6) is 1.75. The molecule has 0 amide bonds. The summed E-state index contributed by atoms with van der Waals surface area (Å²) in [4.78, 5) is 12.5. The molecule has 110 valence electrons. The van der Waals surface area contributed by atoms with Gasteiger partial charge in [0.25, 0.3) is 0 Å². The fourth-order valence-electron chi connectivity index (χ4n) is 5.07. The fourth-order valence-corrected chi connectivity index (χ4v) is 5.07. The SMILES string of the molecule is CC(C)(C)c1cccc2c1C1(CCC2=O)CC2C=CC1C2. The molecular weight excluding hydrogens is 256 g/mol. The molecule has 2 bridgehead atoms. The number of carbonyl (C=O) groups is 1. The van der Waals surface area contributed by atoms with Crippen molar-refractivity contribution in [3.05, 3.63) is 47.0 Å². The van der Waals surface area contributed by atoms with E-state index in [2.05, 4.69) is 51.1 Å². The summed E-state index contributed by atoms with van der Waals surface area (Å²) in [7, 11) is 0. The summed E-state index contributed by atoms with van der Waals surface area (Å²) >= 11 is 0. The van der Waals surface area contributed by atoms with Crippen molar-refractivity contribution < 1.29 is 4.79 Å². The Bertz CT molecular complexity index is 646. The second-order valence-corrected chi connectivity index (χ2v) is 8.25. The van der Waals surface area contributed by atoms with E-state index in [1.54, 1.807) is 0 Å². The Balaban J connectivity index is 1.99. The molecule has 1 fully saturated rings. The molecule has 0 aromatic heterocycles. The van der Waals surface area contributed by atoms with Crippen molar-refractivity contribution in [1.29, 1.82) is 0 Å². The minimum atomic E-state index is 0.0987. The lowest BCUT2D eigenvalue weighted by atomic mass is 9.59. The number of allylic oxidation sites excluding steroid dienone is 2. The molecule has 3 atom stereocenters. The number of fused-ring (bicyclic) bond motifs is 5. The number of benzene rings is 1. The van der Waals surface area contributed by atoms with E-state index in [1.807, 2.05) is 0 Å². The minimum Gasteiger partial charge on any atom is -0.294 e. The van der Waals surface area contributed by atoms with E-state index in [0.717, 1.165) is 24.3 Å². The van der Waals surface area contributed by atoms with Gasteiger partial charge in [-0.2, -0.15) is 0 Å².